The fraction of sp³-hybridized carbons (Fsp3) is 0.333. The van der Waals surface area contributed by atoms with E-state index in [1.807, 2.05) is 34.9 Å². The molecule has 5 heterocycles. The van der Waals surface area contributed by atoms with Crippen molar-refractivity contribution in [3.05, 3.63) is 104 Å². The van der Waals surface area contributed by atoms with Crippen molar-refractivity contribution in [1.82, 2.24) is 19.7 Å². The number of amides is 1. The number of nitrogens with zero attached hydrogens (tertiary/aromatic N) is 4. The number of carbonyl (C=O) groups excluding carboxylic acids is 1. The zero-order chi connectivity index (χ0) is 28.3. The smallest absolute Gasteiger partial charge is 0.272 e. The molecule has 2 aromatic carbocycles. The lowest BCUT2D eigenvalue weighted by Gasteiger charge is -2.43. The number of hydrogen-bond donors (Lipinski definition) is 0. The summed E-state index contributed by atoms with van der Waals surface area (Å²) in [7, 11) is 0. The number of hydrogen-bond acceptors (Lipinski definition) is 6. The molecule has 2 aromatic heterocycles. The molecule has 0 aliphatic carbocycles. The van der Waals surface area contributed by atoms with E-state index in [9.17, 15) is 22.8 Å². The molecule has 7 nitrogen and oxygen atoms in total. The monoisotopic (exact) mass is 578 g/mol. The number of pyridine rings is 1. The van der Waals surface area contributed by atoms with Crippen LogP contribution in [0.3, 0.4) is 0 Å². The fourth-order valence-corrected chi connectivity index (χ4v) is 7.47. The molecule has 4 aromatic rings. The first-order valence-corrected chi connectivity index (χ1v) is 14.4. The Balaban J connectivity index is 1.22. The van der Waals surface area contributed by atoms with E-state index in [4.69, 9.17) is 4.74 Å². The van der Waals surface area contributed by atoms with Gasteiger partial charge in [-0.15, -0.1) is 10.2 Å². The lowest BCUT2D eigenvalue weighted by Crippen LogP contribution is -2.55. The van der Waals surface area contributed by atoms with Crippen molar-refractivity contribution >= 4 is 17.2 Å². The molecule has 3 aliphatic rings. The minimum absolute atomic E-state index is 0.223. The number of carbonyl (C=O) groups is 1. The lowest BCUT2D eigenvalue weighted by molar-refractivity contribution is -0.0648. The number of ether oxygens (including phenoxy) is 1. The topological polar surface area (TPSA) is 77.3 Å². The first-order valence-electron chi connectivity index (χ1n) is 13.5. The van der Waals surface area contributed by atoms with Gasteiger partial charge in [-0.3, -0.25) is 9.59 Å². The molecule has 3 aliphatic heterocycles. The Hall–Kier alpha value is -3.83. The molecule has 2 unspecified atom stereocenters. The predicted octanol–water partition coefficient (Wildman–Crippen LogP) is 5.20. The van der Waals surface area contributed by atoms with Gasteiger partial charge in [0.05, 0.1) is 17.7 Å². The first-order chi connectivity index (χ1) is 19.8. The minimum Gasteiger partial charge on any atom is -0.354 e. The van der Waals surface area contributed by atoms with Gasteiger partial charge < -0.3 is 14.2 Å². The summed E-state index contributed by atoms with van der Waals surface area (Å²) in [5.74, 6) is -3.23. The molecule has 11 heteroatoms. The summed E-state index contributed by atoms with van der Waals surface area (Å²) in [5.41, 5.74) is 1.49. The Labute approximate surface area is 237 Å². The van der Waals surface area contributed by atoms with E-state index in [-0.39, 0.29) is 35.1 Å². The number of benzene rings is 2. The SMILES string of the molecule is O=C1c2cc(=O)c(-c3nnc(Cc4c(F)cc(F)cc4F)s3)c3n2C2(CCCC(OCc4ccccc4)N1C2)CC3. The molecule has 1 amide bonds. The van der Waals surface area contributed by atoms with E-state index in [1.54, 1.807) is 4.90 Å². The van der Waals surface area contributed by atoms with Crippen LogP contribution in [0.25, 0.3) is 10.6 Å². The van der Waals surface area contributed by atoms with Gasteiger partial charge in [0.15, 0.2) is 10.4 Å². The third-order valence-corrected chi connectivity index (χ3v) is 9.34. The molecular formula is C30H25F3N4O3S. The van der Waals surface area contributed by atoms with Crippen molar-refractivity contribution < 1.29 is 22.7 Å². The standard InChI is InChI=1S/C30H25F3N4O3S/c31-18-11-20(32)19(21(33)12-18)13-25-34-35-28(41-25)27-22-8-10-30-9-4-7-26(40-15-17-5-2-1-3-6-17)36(16-30)29(39)23(37(22)30)14-24(27)38/h1-3,5-6,11-12,14,26H,4,7-10,13,15-16H2. The van der Waals surface area contributed by atoms with Gasteiger partial charge in [-0.25, -0.2) is 13.2 Å². The highest BCUT2D eigenvalue weighted by Crippen LogP contribution is 2.46. The molecule has 210 valence electrons. The van der Waals surface area contributed by atoms with Crippen LogP contribution in [-0.2, 0) is 29.7 Å². The first kappa shape index (κ1) is 26.1. The summed E-state index contributed by atoms with van der Waals surface area (Å²) < 4.78 is 50.1. The number of fused-ring (bicyclic) bond motifs is 1. The van der Waals surface area contributed by atoms with E-state index < -0.39 is 17.5 Å². The summed E-state index contributed by atoms with van der Waals surface area (Å²) in [5, 5.41) is 8.91. The van der Waals surface area contributed by atoms with Crippen molar-refractivity contribution in [2.24, 2.45) is 0 Å². The maximum Gasteiger partial charge on any atom is 0.272 e. The predicted molar refractivity (Wildman–Crippen MR) is 145 cm³/mol. The van der Waals surface area contributed by atoms with Crippen LogP contribution in [0.15, 0.2) is 53.3 Å². The van der Waals surface area contributed by atoms with Gasteiger partial charge in [0.1, 0.15) is 34.4 Å². The number of aromatic nitrogens is 3. The van der Waals surface area contributed by atoms with Crippen LogP contribution in [0.5, 0.6) is 0 Å². The third-order valence-electron chi connectivity index (χ3n) is 8.40. The summed E-state index contributed by atoms with van der Waals surface area (Å²) in [6.07, 6.45) is 3.16. The average Bonchev–Trinajstić information content (AvgIpc) is 3.51. The fourth-order valence-electron chi connectivity index (χ4n) is 6.54. The number of halogens is 3. The molecular weight excluding hydrogens is 553 g/mol. The molecule has 2 bridgehead atoms. The molecule has 2 atom stereocenters. The van der Waals surface area contributed by atoms with Crippen molar-refractivity contribution in [2.75, 3.05) is 6.54 Å². The minimum atomic E-state index is -1.00. The van der Waals surface area contributed by atoms with Crippen LogP contribution in [0.2, 0.25) is 0 Å². The quantitative estimate of drug-likeness (QED) is 0.315. The Bertz CT molecular complexity index is 1720. The molecule has 1 fully saturated rings. The maximum atomic E-state index is 14.2. The Morgan fingerprint density at radius 1 is 1.02 bits per heavy atom. The average molecular weight is 579 g/mol. The van der Waals surface area contributed by atoms with Crippen LogP contribution < -0.4 is 5.43 Å². The molecule has 0 radical (unpaired) electrons. The van der Waals surface area contributed by atoms with E-state index in [0.29, 0.717) is 59.4 Å². The highest BCUT2D eigenvalue weighted by molar-refractivity contribution is 7.14. The summed E-state index contributed by atoms with van der Waals surface area (Å²) in [6.45, 7) is 0.891. The van der Waals surface area contributed by atoms with Gasteiger partial charge in [0, 0.05) is 42.4 Å². The van der Waals surface area contributed by atoms with E-state index >= 15 is 0 Å². The van der Waals surface area contributed by atoms with Crippen molar-refractivity contribution in [2.45, 2.75) is 56.9 Å². The highest BCUT2D eigenvalue weighted by Gasteiger charge is 2.51. The second-order valence-corrected chi connectivity index (χ2v) is 11.9. The Kier molecular flexibility index (Phi) is 6.31. The molecule has 1 saturated heterocycles. The van der Waals surface area contributed by atoms with E-state index in [2.05, 4.69) is 10.2 Å². The van der Waals surface area contributed by atoms with Gasteiger partial charge >= 0.3 is 0 Å². The van der Waals surface area contributed by atoms with Gasteiger partial charge in [0.25, 0.3) is 5.91 Å². The summed E-state index contributed by atoms with van der Waals surface area (Å²) in [4.78, 5) is 29.1. The summed E-state index contributed by atoms with van der Waals surface area (Å²) >= 11 is 1.07. The molecule has 41 heavy (non-hydrogen) atoms. The van der Waals surface area contributed by atoms with E-state index in [1.165, 1.54) is 6.07 Å². The van der Waals surface area contributed by atoms with Crippen LogP contribution in [-0.4, -0.2) is 38.3 Å². The largest absolute Gasteiger partial charge is 0.354 e. The molecule has 0 saturated carbocycles. The maximum absolute atomic E-state index is 14.2. The zero-order valence-corrected chi connectivity index (χ0v) is 22.7. The summed E-state index contributed by atoms with van der Waals surface area (Å²) in [6, 6.07) is 12.5. The Morgan fingerprint density at radius 3 is 2.59 bits per heavy atom. The molecule has 0 N–H and O–H groups in total. The molecule has 1 spiro atoms. The normalized spacial score (nSPS) is 21.2. The highest BCUT2D eigenvalue weighted by atomic mass is 32.1. The van der Waals surface area contributed by atoms with Crippen molar-refractivity contribution in [3.63, 3.8) is 0 Å². The van der Waals surface area contributed by atoms with Crippen LogP contribution in [0, 0.1) is 17.5 Å². The van der Waals surface area contributed by atoms with E-state index in [0.717, 1.165) is 41.9 Å². The van der Waals surface area contributed by atoms with Gasteiger partial charge in [-0.05, 0) is 37.7 Å². The third kappa shape index (κ3) is 4.38. The van der Waals surface area contributed by atoms with Gasteiger partial charge in [-0.2, -0.15) is 0 Å². The van der Waals surface area contributed by atoms with Crippen molar-refractivity contribution in [3.8, 4) is 10.6 Å². The number of rotatable bonds is 6. The lowest BCUT2D eigenvalue weighted by atomic mass is 9.89. The second-order valence-electron chi connectivity index (χ2n) is 10.9. The van der Waals surface area contributed by atoms with Crippen LogP contribution in [0.4, 0.5) is 13.2 Å². The zero-order valence-electron chi connectivity index (χ0n) is 21.9. The molecule has 7 rings (SSSR count). The Morgan fingerprint density at radius 2 is 1.80 bits per heavy atom. The van der Waals surface area contributed by atoms with Gasteiger partial charge in [-0.1, -0.05) is 41.7 Å². The van der Waals surface area contributed by atoms with Crippen LogP contribution >= 0.6 is 11.3 Å². The van der Waals surface area contributed by atoms with Crippen LogP contribution in [0.1, 0.15) is 58.0 Å². The van der Waals surface area contributed by atoms with Gasteiger partial charge in [0.2, 0.25) is 0 Å². The second kappa shape index (κ2) is 9.92. The van der Waals surface area contributed by atoms with Crippen molar-refractivity contribution in [1.29, 1.82) is 0 Å².